The minimum absolute atomic E-state index is 0.282. The van der Waals surface area contributed by atoms with Crippen LogP contribution in [0.4, 0.5) is 0 Å². The Hall–Kier alpha value is -0.290. The Morgan fingerprint density at radius 2 is 1.86 bits per heavy atom. The predicted octanol–water partition coefficient (Wildman–Crippen LogP) is 2.69. The monoisotopic (exact) mass is 254 g/mol. The molecule has 1 aromatic carbocycles. The molecule has 0 bridgehead atoms. The third kappa shape index (κ3) is 3.13. The zero-order valence-corrected chi connectivity index (χ0v) is 9.62. The van der Waals surface area contributed by atoms with Crippen molar-refractivity contribution < 1.29 is 13.0 Å². The largest absolute Gasteiger partial charge is 0.285 e. The molecule has 0 aromatic heterocycles. The van der Waals surface area contributed by atoms with Gasteiger partial charge in [0.15, 0.2) is 0 Å². The average molecular weight is 255 g/mol. The van der Waals surface area contributed by atoms with E-state index in [4.69, 9.17) is 27.8 Å². The highest BCUT2D eigenvalue weighted by Gasteiger charge is 2.11. The Bertz CT molecular complexity index is 454. The Labute approximate surface area is 92.4 Å². The highest BCUT2D eigenvalue weighted by atomic mass is 35.5. The molecule has 0 spiro atoms. The first-order valence-corrected chi connectivity index (χ1v) is 6.06. The van der Waals surface area contributed by atoms with Crippen LogP contribution in [0.2, 0.25) is 10.0 Å². The zero-order chi connectivity index (χ0) is 10.9. The molecule has 0 aliphatic heterocycles. The Kier molecular flexibility index (Phi) is 3.42. The number of hydrogen-bond acceptors (Lipinski definition) is 2. The standard InChI is InChI=1S/C8H8Cl2O3S/c1-5-2-8(10)6(3-7(5)9)4-14(11,12)13/h2-3H,4H2,1H3,(H,11,12,13). The first kappa shape index (κ1) is 11.8. The van der Waals surface area contributed by atoms with E-state index < -0.39 is 15.9 Å². The normalized spacial score (nSPS) is 11.7. The molecule has 1 N–H and O–H groups in total. The van der Waals surface area contributed by atoms with E-state index in [0.29, 0.717) is 10.6 Å². The average Bonchev–Trinajstić information content (AvgIpc) is 1.97. The van der Waals surface area contributed by atoms with Crippen LogP contribution in [-0.2, 0) is 15.9 Å². The van der Waals surface area contributed by atoms with E-state index in [9.17, 15) is 8.42 Å². The van der Waals surface area contributed by atoms with Gasteiger partial charge in [0.1, 0.15) is 5.75 Å². The fraction of sp³-hybridized carbons (Fsp3) is 0.250. The topological polar surface area (TPSA) is 54.4 Å². The van der Waals surface area contributed by atoms with Crippen molar-refractivity contribution in [2.75, 3.05) is 0 Å². The number of benzene rings is 1. The highest BCUT2D eigenvalue weighted by molar-refractivity contribution is 7.85. The van der Waals surface area contributed by atoms with Gasteiger partial charge in [0.05, 0.1) is 0 Å². The van der Waals surface area contributed by atoms with Crippen molar-refractivity contribution in [1.29, 1.82) is 0 Å². The van der Waals surface area contributed by atoms with Crippen LogP contribution in [0.1, 0.15) is 11.1 Å². The van der Waals surface area contributed by atoms with Crippen LogP contribution in [0.5, 0.6) is 0 Å². The van der Waals surface area contributed by atoms with Gasteiger partial charge < -0.3 is 0 Å². The van der Waals surface area contributed by atoms with Gasteiger partial charge in [-0.1, -0.05) is 23.2 Å². The summed E-state index contributed by atoms with van der Waals surface area (Å²) in [5, 5.41) is 0.706. The second kappa shape index (κ2) is 4.06. The van der Waals surface area contributed by atoms with Crippen LogP contribution < -0.4 is 0 Å². The molecular formula is C8H8Cl2O3S. The van der Waals surface area contributed by atoms with E-state index >= 15 is 0 Å². The Morgan fingerprint density at radius 3 is 2.36 bits per heavy atom. The van der Waals surface area contributed by atoms with E-state index in [1.165, 1.54) is 6.07 Å². The minimum atomic E-state index is -4.07. The van der Waals surface area contributed by atoms with Gasteiger partial charge in [-0.2, -0.15) is 8.42 Å². The molecule has 0 saturated carbocycles. The Morgan fingerprint density at radius 1 is 1.29 bits per heavy atom. The van der Waals surface area contributed by atoms with Gasteiger partial charge in [-0.05, 0) is 30.2 Å². The molecule has 0 aliphatic rings. The summed E-state index contributed by atoms with van der Waals surface area (Å²) in [6.07, 6.45) is 0. The molecule has 0 heterocycles. The minimum Gasteiger partial charge on any atom is -0.285 e. The molecule has 3 nitrogen and oxygen atoms in total. The van der Waals surface area contributed by atoms with Crippen molar-refractivity contribution >= 4 is 33.3 Å². The van der Waals surface area contributed by atoms with Crippen LogP contribution in [0.3, 0.4) is 0 Å². The second-order valence-electron chi connectivity index (χ2n) is 2.92. The molecule has 1 aromatic rings. The van der Waals surface area contributed by atoms with E-state index in [1.54, 1.807) is 13.0 Å². The van der Waals surface area contributed by atoms with Gasteiger partial charge >= 0.3 is 0 Å². The summed E-state index contributed by atoms with van der Waals surface area (Å²) in [6.45, 7) is 1.76. The maximum Gasteiger partial charge on any atom is 0.269 e. The highest BCUT2D eigenvalue weighted by Crippen LogP contribution is 2.25. The summed E-state index contributed by atoms with van der Waals surface area (Å²) in [4.78, 5) is 0. The lowest BCUT2D eigenvalue weighted by atomic mass is 10.2. The van der Waals surface area contributed by atoms with Crippen LogP contribution >= 0.6 is 23.2 Å². The molecule has 0 atom stereocenters. The van der Waals surface area contributed by atoms with Crippen molar-refractivity contribution in [3.63, 3.8) is 0 Å². The fourth-order valence-electron chi connectivity index (χ4n) is 0.995. The summed E-state index contributed by atoms with van der Waals surface area (Å²) in [6, 6.07) is 3.00. The molecular weight excluding hydrogens is 247 g/mol. The van der Waals surface area contributed by atoms with Crippen molar-refractivity contribution in [2.45, 2.75) is 12.7 Å². The summed E-state index contributed by atoms with van der Waals surface area (Å²) >= 11 is 11.6. The van der Waals surface area contributed by atoms with E-state index in [2.05, 4.69) is 0 Å². The van der Waals surface area contributed by atoms with Crippen LogP contribution in [0, 0.1) is 6.92 Å². The van der Waals surface area contributed by atoms with Gasteiger partial charge in [0, 0.05) is 10.0 Å². The van der Waals surface area contributed by atoms with E-state index in [0.717, 1.165) is 5.56 Å². The zero-order valence-electron chi connectivity index (χ0n) is 7.29. The Balaban J connectivity index is 3.17. The summed E-state index contributed by atoms with van der Waals surface area (Å²) in [7, 11) is -4.07. The molecule has 14 heavy (non-hydrogen) atoms. The first-order chi connectivity index (χ1) is 6.29. The van der Waals surface area contributed by atoms with Gasteiger partial charge in [0.25, 0.3) is 10.1 Å². The predicted molar refractivity (Wildman–Crippen MR) is 56.5 cm³/mol. The van der Waals surface area contributed by atoms with Gasteiger partial charge in [-0.15, -0.1) is 0 Å². The molecule has 0 saturated heterocycles. The lowest BCUT2D eigenvalue weighted by Gasteiger charge is -2.05. The first-order valence-electron chi connectivity index (χ1n) is 3.69. The molecule has 0 radical (unpaired) electrons. The van der Waals surface area contributed by atoms with Gasteiger partial charge in [-0.3, -0.25) is 4.55 Å². The second-order valence-corrected chi connectivity index (χ2v) is 5.19. The number of aryl methyl sites for hydroxylation is 1. The molecule has 78 valence electrons. The third-order valence-corrected chi connectivity index (χ3v) is 3.10. The SMILES string of the molecule is Cc1cc(Cl)c(CS(=O)(=O)O)cc1Cl. The van der Waals surface area contributed by atoms with Gasteiger partial charge in [0.2, 0.25) is 0 Å². The summed E-state index contributed by atoms with van der Waals surface area (Å²) in [5.74, 6) is -0.522. The molecule has 1 rings (SSSR count). The van der Waals surface area contributed by atoms with Crippen molar-refractivity contribution in [3.05, 3.63) is 33.3 Å². The fourth-order valence-corrected chi connectivity index (χ4v) is 2.18. The molecule has 0 unspecified atom stereocenters. The summed E-state index contributed by atoms with van der Waals surface area (Å²) in [5.41, 5.74) is 1.06. The van der Waals surface area contributed by atoms with Crippen molar-refractivity contribution in [2.24, 2.45) is 0 Å². The quantitative estimate of drug-likeness (QED) is 0.826. The molecule has 0 amide bonds. The van der Waals surface area contributed by atoms with Crippen LogP contribution in [0.15, 0.2) is 12.1 Å². The summed E-state index contributed by atoms with van der Waals surface area (Å²) < 4.78 is 29.8. The molecule has 0 aliphatic carbocycles. The van der Waals surface area contributed by atoms with Crippen molar-refractivity contribution in [1.82, 2.24) is 0 Å². The van der Waals surface area contributed by atoms with Crippen LogP contribution in [-0.4, -0.2) is 13.0 Å². The molecule has 6 heteroatoms. The number of halogens is 2. The van der Waals surface area contributed by atoms with E-state index in [1.807, 2.05) is 0 Å². The van der Waals surface area contributed by atoms with Crippen molar-refractivity contribution in [3.8, 4) is 0 Å². The van der Waals surface area contributed by atoms with Gasteiger partial charge in [-0.25, -0.2) is 0 Å². The number of rotatable bonds is 2. The smallest absolute Gasteiger partial charge is 0.269 e. The maximum absolute atomic E-state index is 10.6. The van der Waals surface area contributed by atoms with E-state index in [-0.39, 0.29) is 5.02 Å². The lowest BCUT2D eigenvalue weighted by molar-refractivity contribution is 0.482. The van der Waals surface area contributed by atoms with Crippen LogP contribution in [0.25, 0.3) is 0 Å². The maximum atomic E-state index is 10.6. The molecule has 0 fully saturated rings. The lowest BCUT2D eigenvalue weighted by Crippen LogP contribution is -2.02. The third-order valence-electron chi connectivity index (χ3n) is 1.67. The number of hydrogen-bond donors (Lipinski definition) is 1.